The molecule has 0 radical (unpaired) electrons. The van der Waals surface area contributed by atoms with E-state index in [2.05, 4.69) is 0 Å². The number of fused-ring (bicyclic) bond motifs is 1. The lowest BCUT2D eigenvalue weighted by Gasteiger charge is -2.29. The molecule has 34 heavy (non-hydrogen) atoms. The average Bonchev–Trinajstić information content (AvgIpc) is 3.52. The molecule has 0 aliphatic carbocycles. The number of ether oxygens (including phenoxy) is 2. The number of hydrogen-bond acceptors (Lipinski definition) is 5. The lowest BCUT2D eigenvalue weighted by molar-refractivity contribution is -0.140. The van der Waals surface area contributed by atoms with Crippen LogP contribution in [-0.4, -0.2) is 41.0 Å². The first-order valence-corrected chi connectivity index (χ1v) is 11.2. The van der Waals surface area contributed by atoms with Crippen LogP contribution in [0.25, 0.3) is 6.08 Å². The zero-order valence-electron chi connectivity index (χ0n) is 19.3. The number of benzene rings is 2. The van der Waals surface area contributed by atoms with Gasteiger partial charge in [-0.05, 0) is 55.3 Å². The van der Waals surface area contributed by atoms with Crippen LogP contribution in [0.2, 0.25) is 0 Å². The van der Waals surface area contributed by atoms with E-state index in [0.29, 0.717) is 30.3 Å². The molecule has 0 N–H and O–H groups in total. The third-order valence-corrected chi connectivity index (χ3v) is 5.52. The van der Waals surface area contributed by atoms with Crippen molar-refractivity contribution in [3.63, 3.8) is 0 Å². The fourth-order valence-electron chi connectivity index (χ4n) is 3.67. The molecule has 2 heterocycles. The highest BCUT2D eigenvalue weighted by Gasteiger charge is 2.24. The number of amides is 2. The van der Waals surface area contributed by atoms with Gasteiger partial charge < -0.3 is 23.7 Å². The van der Waals surface area contributed by atoms with Crippen molar-refractivity contribution in [2.75, 3.05) is 13.3 Å². The number of nitrogens with zero attached hydrogens (tertiary/aromatic N) is 2. The minimum atomic E-state index is -0.215. The van der Waals surface area contributed by atoms with Crippen molar-refractivity contribution >= 4 is 17.9 Å². The number of hydrogen-bond donors (Lipinski definition) is 0. The van der Waals surface area contributed by atoms with Crippen LogP contribution in [0.4, 0.5) is 0 Å². The Morgan fingerprint density at radius 2 is 1.76 bits per heavy atom. The summed E-state index contributed by atoms with van der Waals surface area (Å²) in [5, 5.41) is 0. The fraction of sp³-hybridized carbons (Fsp3) is 0.259. The van der Waals surface area contributed by atoms with Gasteiger partial charge in [-0.25, -0.2) is 0 Å². The number of furan rings is 1. The van der Waals surface area contributed by atoms with Crippen molar-refractivity contribution in [1.29, 1.82) is 0 Å². The van der Waals surface area contributed by atoms with Crippen molar-refractivity contribution < 1.29 is 23.5 Å². The molecule has 2 amide bonds. The molecule has 1 aromatic heterocycles. The van der Waals surface area contributed by atoms with Gasteiger partial charge in [0.15, 0.2) is 11.5 Å². The van der Waals surface area contributed by atoms with E-state index in [1.807, 2.05) is 68.4 Å². The van der Waals surface area contributed by atoms with Gasteiger partial charge in [0.05, 0.1) is 12.8 Å². The van der Waals surface area contributed by atoms with Crippen molar-refractivity contribution in [3.05, 3.63) is 89.9 Å². The molecule has 0 fully saturated rings. The van der Waals surface area contributed by atoms with Gasteiger partial charge in [-0.3, -0.25) is 9.59 Å². The van der Waals surface area contributed by atoms with Crippen molar-refractivity contribution in [1.82, 2.24) is 9.80 Å². The van der Waals surface area contributed by atoms with E-state index in [4.69, 9.17) is 13.9 Å². The Bertz CT molecular complexity index is 1140. The van der Waals surface area contributed by atoms with Gasteiger partial charge in [0, 0.05) is 18.7 Å². The molecule has 3 aromatic rings. The largest absolute Gasteiger partial charge is 0.467 e. The molecule has 0 saturated carbocycles. The van der Waals surface area contributed by atoms with Crippen LogP contribution in [-0.2, 0) is 22.7 Å². The molecule has 1 aliphatic heterocycles. The van der Waals surface area contributed by atoms with Crippen LogP contribution in [0.3, 0.4) is 0 Å². The van der Waals surface area contributed by atoms with E-state index in [1.54, 1.807) is 28.2 Å². The zero-order valence-corrected chi connectivity index (χ0v) is 19.3. The highest BCUT2D eigenvalue weighted by atomic mass is 16.7. The number of carbonyl (C=O) groups excluding carboxylic acids is 2. The summed E-state index contributed by atoms with van der Waals surface area (Å²) in [5.74, 6) is 1.63. The summed E-state index contributed by atoms with van der Waals surface area (Å²) in [6.45, 7) is 4.58. The summed E-state index contributed by atoms with van der Waals surface area (Å²) in [6.07, 6.45) is 4.85. The molecule has 0 spiro atoms. The molecule has 0 saturated heterocycles. The fourth-order valence-corrected chi connectivity index (χ4v) is 3.67. The molecule has 4 rings (SSSR count). The van der Waals surface area contributed by atoms with Gasteiger partial charge in [-0.15, -0.1) is 0 Å². The molecule has 1 aliphatic rings. The Morgan fingerprint density at radius 3 is 2.50 bits per heavy atom. The second kappa shape index (κ2) is 10.7. The molecular formula is C27H28N2O5. The minimum Gasteiger partial charge on any atom is -0.467 e. The maximum absolute atomic E-state index is 13.4. The Labute approximate surface area is 199 Å². The summed E-state index contributed by atoms with van der Waals surface area (Å²) in [5.41, 5.74) is 1.82. The van der Waals surface area contributed by atoms with Crippen LogP contribution in [0, 0.1) is 0 Å². The standard InChI is InChI=1S/C27H28N2O5/c1-20(2)29(26(30)13-11-21-7-4-3-5-8-21)18-27(31)28(17-23-9-6-14-32-23)16-22-10-12-24-25(15-22)34-19-33-24/h3-15,20H,16-19H2,1-2H3/b13-11+. The van der Waals surface area contributed by atoms with E-state index >= 15 is 0 Å². The monoisotopic (exact) mass is 460 g/mol. The minimum absolute atomic E-state index is 0.0408. The van der Waals surface area contributed by atoms with Gasteiger partial charge in [0.2, 0.25) is 18.6 Å². The van der Waals surface area contributed by atoms with Crippen LogP contribution >= 0.6 is 0 Å². The van der Waals surface area contributed by atoms with Crippen LogP contribution < -0.4 is 9.47 Å². The van der Waals surface area contributed by atoms with Crippen LogP contribution in [0.5, 0.6) is 11.5 Å². The van der Waals surface area contributed by atoms with E-state index < -0.39 is 0 Å². The summed E-state index contributed by atoms with van der Waals surface area (Å²) in [6, 6.07) is 18.7. The molecule has 176 valence electrons. The first-order chi connectivity index (χ1) is 16.5. The van der Waals surface area contributed by atoms with E-state index in [-0.39, 0.29) is 31.2 Å². The quantitative estimate of drug-likeness (QED) is 0.440. The lowest BCUT2D eigenvalue weighted by Crippen LogP contribution is -2.45. The second-order valence-electron chi connectivity index (χ2n) is 8.32. The summed E-state index contributed by atoms with van der Waals surface area (Å²) in [7, 11) is 0. The van der Waals surface area contributed by atoms with Crippen molar-refractivity contribution in [2.24, 2.45) is 0 Å². The lowest BCUT2D eigenvalue weighted by atomic mass is 10.1. The predicted molar refractivity (Wildman–Crippen MR) is 128 cm³/mol. The maximum atomic E-state index is 13.4. The third kappa shape index (κ3) is 5.86. The first kappa shape index (κ1) is 23.2. The Kier molecular flexibility index (Phi) is 7.32. The molecule has 0 atom stereocenters. The van der Waals surface area contributed by atoms with Gasteiger partial charge in [0.25, 0.3) is 0 Å². The Morgan fingerprint density at radius 1 is 0.971 bits per heavy atom. The topological polar surface area (TPSA) is 72.2 Å². The SMILES string of the molecule is CC(C)N(CC(=O)N(Cc1ccc2c(c1)OCO2)Cc1ccco1)C(=O)/C=C/c1ccccc1. The zero-order chi connectivity index (χ0) is 23.9. The van der Waals surface area contributed by atoms with Crippen LogP contribution in [0.15, 0.2) is 77.4 Å². The van der Waals surface area contributed by atoms with Gasteiger partial charge in [-0.2, -0.15) is 0 Å². The van der Waals surface area contributed by atoms with Gasteiger partial charge in [-0.1, -0.05) is 36.4 Å². The average molecular weight is 461 g/mol. The van der Waals surface area contributed by atoms with Crippen LogP contribution in [0.1, 0.15) is 30.7 Å². The molecule has 7 nitrogen and oxygen atoms in total. The summed E-state index contributed by atoms with van der Waals surface area (Å²) < 4.78 is 16.3. The van der Waals surface area contributed by atoms with Gasteiger partial charge >= 0.3 is 0 Å². The van der Waals surface area contributed by atoms with E-state index in [9.17, 15) is 9.59 Å². The molecule has 2 aromatic carbocycles. The smallest absolute Gasteiger partial charge is 0.247 e. The first-order valence-electron chi connectivity index (χ1n) is 11.2. The molecule has 0 bridgehead atoms. The number of carbonyl (C=O) groups is 2. The maximum Gasteiger partial charge on any atom is 0.247 e. The molecule has 0 unspecified atom stereocenters. The Hall–Kier alpha value is -4.00. The normalized spacial score (nSPS) is 12.3. The highest BCUT2D eigenvalue weighted by Crippen LogP contribution is 2.33. The molecule has 7 heteroatoms. The van der Waals surface area contributed by atoms with E-state index in [0.717, 1.165) is 11.1 Å². The van der Waals surface area contributed by atoms with Gasteiger partial charge in [0.1, 0.15) is 12.3 Å². The second-order valence-corrected chi connectivity index (χ2v) is 8.32. The van der Waals surface area contributed by atoms with E-state index in [1.165, 1.54) is 6.08 Å². The van der Waals surface area contributed by atoms with Crippen molar-refractivity contribution in [2.45, 2.75) is 33.0 Å². The predicted octanol–water partition coefficient (Wildman–Crippen LogP) is 4.49. The summed E-state index contributed by atoms with van der Waals surface area (Å²) in [4.78, 5) is 29.6. The molecular weight excluding hydrogens is 432 g/mol. The third-order valence-electron chi connectivity index (χ3n) is 5.52. The van der Waals surface area contributed by atoms with Crippen molar-refractivity contribution in [3.8, 4) is 11.5 Å². The summed E-state index contributed by atoms with van der Waals surface area (Å²) >= 11 is 0. The number of rotatable bonds is 9. The Balaban J connectivity index is 1.49. The highest BCUT2D eigenvalue weighted by molar-refractivity contribution is 5.94.